The van der Waals surface area contributed by atoms with Crippen LogP contribution >= 0.6 is 0 Å². The van der Waals surface area contributed by atoms with Crippen LogP contribution in [0.2, 0.25) is 0 Å². The molecule has 1 unspecified atom stereocenters. The minimum atomic E-state index is -5.89. The highest BCUT2D eigenvalue weighted by molar-refractivity contribution is 7.87. The predicted molar refractivity (Wildman–Crippen MR) is 130 cm³/mol. The molecule has 1 aliphatic heterocycles. The number of pyridine rings is 2. The molecule has 4 rings (SSSR count). The first-order valence-corrected chi connectivity index (χ1v) is 13.3. The Morgan fingerprint density at radius 1 is 1.26 bits per heavy atom. The van der Waals surface area contributed by atoms with Crippen LogP contribution in [0.5, 0.6) is 5.88 Å². The second kappa shape index (κ2) is 10.7. The molecule has 204 valence electrons. The van der Waals surface area contributed by atoms with E-state index in [-0.39, 0.29) is 29.9 Å². The quantitative estimate of drug-likeness (QED) is 0.358. The van der Waals surface area contributed by atoms with E-state index in [1.165, 1.54) is 13.2 Å². The molecule has 2 aliphatic rings. The number of piperazine rings is 1. The lowest BCUT2D eigenvalue weighted by Gasteiger charge is -2.41. The molecule has 1 saturated carbocycles. The number of rotatable bonds is 8. The molecule has 14 heteroatoms. The fraction of sp³-hybridized carbons (Fsp3) is 0.500. The van der Waals surface area contributed by atoms with E-state index in [9.17, 15) is 31.6 Å². The lowest BCUT2D eigenvalue weighted by Crippen LogP contribution is -2.54. The number of alkyl halides is 3. The van der Waals surface area contributed by atoms with E-state index in [4.69, 9.17) is 9.72 Å². The van der Waals surface area contributed by atoms with Crippen LogP contribution in [0.1, 0.15) is 43.4 Å². The number of anilines is 1. The van der Waals surface area contributed by atoms with Gasteiger partial charge in [0, 0.05) is 56.5 Å². The molecule has 1 atom stereocenters. The monoisotopic (exact) mass is 553 g/mol. The highest BCUT2D eigenvalue weighted by atomic mass is 32.2. The maximum absolute atomic E-state index is 12.8. The highest BCUT2D eigenvalue weighted by Crippen LogP contribution is 2.45. The largest absolute Gasteiger partial charge is 0.534 e. The van der Waals surface area contributed by atoms with Gasteiger partial charge in [0.1, 0.15) is 11.9 Å². The predicted octanol–water partition coefficient (Wildman–Crippen LogP) is 3.19. The average Bonchev–Trinajstić information content (AvgIpc) is 3.71. The molecule has 1 aliphatic carbocycles. The molecule has 2 aromatic heterocycles. The maximum Gasteiger partial charge on any atom is 0.534 e. The van der Waals surface area contributed by atoms with Crippen molar-refractivity contribution in [1.82, 2.24) is 14.9 Å². The number of aromatic nitrogens is 2. The molecule has 0 aromatic carbocycles. The first kappa shape index (κ1) is 27.6. The fourth-order valence-corrected chi connectivity index (χ4v) is 4.79. The number of amides is 1. The number of halogens is 3. The summed E-state index contributed by atoms with van der Waals surface area (Å²) in [6.45, 7) is 3.65. The summed E-state index contributed by atoms with van der Waals surface area (Å²) in [5.74, 6) is -0.196. The molecule has 3 heterocycles. The van der Waals surface area contributed by atoms with Gasteiger partial charge in [0.25, 0.3) is 0 Å². The van der Waals surface area contributed by atoms with Crippen LogP contribution in [0.4, 0.5) is 19.0 Å². The molecule has 2 aromatic rings. The minimum absolute atomic E-state index is 0.00951. The maximum atomic E-state index is 12.8. The zero-order chi connectivity index (χ0) is 27.7. The average molecular weight is 554 g/mol. The van der Waals surface area contributed by atoms with Crippen molar-refractivity contribution in [1.29, 1.82) is 5.26 Å². The first-order chi connectivity index (χ1) is 17.9. The van der Waals surface area contributed by atoms with E-state index in [1.807, 2.05) is 11.8 Å². The summed E-state index contributed by atoms with van der Waals surface area (Å²) in [7, 11) is -4.35. The van der Waals surface area contributed by atoms with Crippen LogP contribution in [0.3, 0.4) is 0 Å². The standard InChI is InChI=1S/C24H26F3N5O5S/c1-15-14-31(8-9-32(15)21(33)6-10-36-2)23-18(13-28)11-19(22(30-23)16-3-4-16)17-5-7-29-20(12-17)37-38(34,35)24(25,26)27/h5,7,11-12,15-16H,3-4,6,8-10,14H2,1-2H3. The third kappa shape index (κ3) is 5.83. The summed E-state index contributed by atoms with van der Waals surface area (Å²) in [6.07, 6.45) is 3.11. The Labute approximate surface area is 218 Å². The number of nitrogens with zero attached hydrogens (tertiary/aromatic N) is 5. The SMILES string of the molecule is COCCC(=O)N1CCN(c2nc(C3CC3)c(-c3ccnc(OS(=O)(=O)C(F)(F)F)c3)cc2C#N)CC1C. The zero-order valence-electron chi connectivity index (χ0n) is 20.7. The third-order valence-corrected chi connectivity index (χ3v) is 7.37. The molecule has 2 fully saturated rings. The Morgan fingerprint density at radius 2 is 2.00 bits per heavy atom. The third-order valence-electron chi connectivity index (χ3n) is 6.41. The summed E-state index contributed by atoms with van der Waals surface area (Å²) in [5.41, 5.74) is -3.88. The van der Waals surface area contributed by atoms with Crippen LogP contribution < -0.4 is 9.08 Å². The molecule has 0 spiro atoms. The lowest BCUT2D eigenvalue weighted by atomic mass is 9.99. The Bertz CT molecular complexity index is 1360. The van der Waals surface area contributed by atoms with Gasteiger partial charge in [-0.1, -0.05) is 0 Å². The van der Waals surface area contributed by atoms with E-state index in [0.717, 1.165) is 25.1 Å². The summed E-state index contributed by atoms with van der Waals surface area (Å²) >= 11 is 0. The molecule has 1 saturated heterocycles. The molecule has 1 amide bonds. The van der Waals surface area contributed by atoms with Crippen molar-refractivity contribution in [3.05, 3.63) is 35.7 Å². The van der Waals surface area contributed by atoms with Crippen molar-refractivity contribution in [2.75, 3.05) is 38.3 Å². The lowest BCUT2D eigenvalue weighted by molar-refractivity contribution is -0.134. The van der Waals surface area contributed by atoms with Crippen molar-refractivity contribution < 1.29 is 35.3 Å². The van der Waals surface area contributed by atoms with Crippen LogP contribution in [-0.2, 0) is 19.6 Å². The van der Waals surface area contributed by atoms with Crippen LogP contribution in [0.25, 0.3) is 11.1 Å². The van der Waals surface area contributed by atoms with Gasteiger partial charge >= 0.3 is 15.6 Å². The first-order valence-electron chi connectivity index (χ1n) is 11.9. The van der Waals surface area contributed by atoms with Crippen molar-refractivity contribution >= 4 is 21.8 Å². The normalized spacial score (nSPS) is 18.3. The van der Waals surface area contributed by atoms with E-state index in [1.54, 1.807) is 11.0 Å². The van der Waals surface area contributed by atoms with Crippen molar-refractivity contribution in [3.8, 4) is 23.1 Å². The van der Waals surface area contributed by atoms with E-state index < -0.39 is 21.5 Å². The van der Waals surface area contributed by atoms with Crippen LogP contribution in [-0.4, -0.2) is 74.1 Å². The number of nitriles is 1. The topological polar surface area (TPSA) is 126 Å². The van der Waals surface area contributed by atoms with E-state index in [2.05, 4.69) is 15.2 Å². The molecule has 10 nitrogen and oxygen atoms in total. The number of hydrogen-bond acceptors (Lipinski definition) is 9. The number of hydrogen-bond donors (Lipinski definition) is 0. The van der Waals surface area contributed by atoms with E-state index >= 15 is 0 Å². The second-order valence-electron chi connectivity index (χ2n) is 9.17. The fourth-order valence-electron chi connectivity index (χ4n) is 4.38. The summed E-state index contributed by atoms with van der Waals surface area (Å²) in [5, 5.41) is 9.93. The molecule has 0 radical (unpaired) electrons. The van der Waals surface area contributed by atoms with Gasteiger partial charge in [-0.2, -0.15) is 26.9 Å². The van der Waals surface area contributed by atoms with Gasteiger partial charge in [-0.3, -0.25) is 4.79 Å². The van der Waals surface area contributed by atoms with Crippen LogP contribution in [0, 0.1) is 11.3 Å². The Kier molecular flexibility index (Phi) is 7.80. The van der Waals surface area contributed by atoms with Crippen molar-refractivity contribution in [2.24, 2.45) is 0 Å². The highest BCUT2D eigenvalue weighted by Gasteiger charge is 2.49. The molecule has 38 heavy (non-hydrogen) atoms. The van der Waals surface area contributed by atoms with Gasteiger partial charge in [0.2, 0.25) is 11.8 Å². The van der Waals surface area contributed by atoms with Gasteiger partial charge in [0.05, 0.1) is 24.3 Å². The van der Waals surface area contributed by atoms with Crippen molar-refractivity contribution in [3.63, 3.8) is 0 Å². The summed E-state index contributed by atoms with van der Waals surface area (Å²) < 4.78 is 70.4. The van der Waals surface area contributed by atoms with E-state index in [0.29, 0.717) is 48.9 Å². The number of methoxy groups -OCH3 is 1. The smallest absolute Gasteiger partial charge is 0.384 e. The number of carbonyl (C=O) groups excluding carboxylic acids is 1. The number of ether oxygens (including phenoxy) is 1. The zero-order valence-corrected chi connectivity index (χ0v) is 21.5. The molecular weight excluding hydrogens is 527 g/mol. The minimum Gasteiger partial charge on any atom is -0.384 e. The molecule has 0 N–H and O–H groups in total. The Hall–Kier alpha value is -3.44. The second-order valence-corrected chi connectivity index (χ2v) is 10.7. The van der Waals surface area contributed by atoms with Gasteiger partial charge in [-0.05, 0) is 37.5 Å². The number of carbonyl (C=O) groups is 1. The Balaban J connectivity index is 1.64. The van der Waals surface area contributed by atoms with Crippen LogP contribution in [0.15, 0.2) is 24.4 Å². The van der Waals surface area contributed by atoms with Gasteiger partial charge < -0.3 is 18.7 Å². The molecule has 0 bridgehead atoms. The summed E-state index contributed by atoms with van der Waals surface area (Å²) in [6, 6.07) is 6.20. The van der Waals surface area contributed by atoms with Gasteiger partial charge in [-0.25, -0.2) is 9.97 Å². The van der Waals surface area contributed by atoms with Crippen molar-refractivity contribution in [2.45, 2.75) is 43.7 Å². The Morgan fingerprint density at radius 3 is 2.61 bits per heavy atom. The van der Waals surface area contributed by atoms with Gasteiger partial charge in [0.15, 0.2) is 0 Å². The van der Waals surface area contributed by atoms with Gasteiger partial charge in [-0.15, -0.1) is 0 Å². The summed E-state index contributed by atoms with van der Waals surface area (Å²) in [4.78, 5) is 24.7. The molecular formula is C24H26F3N5O5S.